The molecule has 1 aromatic rings. The van der Waals surface area contributed by atoms with Crippen molar-refractivity contribution < 1.29 is 0 Å². The van der Waals surface area contributed by atoms with Gasteiger partial charge in [0.1, 0.15) is 0 Å². The van der Waals surface area contributed by atoms with E-state index in [1.807, 2.05) is 6.20 Å². The maximum absolute atomic E-state index is 4.65. The van der Waals surface area contributed by atoms with Crippen molar-refractivity contribution in [1.29, 1.82) is 0 Å². The molecule has 0 amide bonds. The molecular formula is C15H24N2. The van der Waals surface area contributed by atoms with Gasteiger partial charge in [-0.2, -0.15) is 0 Å². The third-order valence-electron chi connectivity index (χ3n) is 3.77. The first-order valence-electron chi connectivity index (χ1n) is 6.69. The Kier molecular flexibility index (Phi) is 3.53. The minimum atomic E-state index is 0.197. The normalized spacial score (nSPS) is 19.5. The summed E-state index contributed by atoms with van der Waals surface area (Å²) in [5.41, 5.74) is 2.72. The fraction of sp³-hybridized carbons (Fsp3) is 0.667. The molecule has 0 bridgehead atoms. The molecule has 1 aliphatic heterocycles. The van der Waals surface area contributed by atoms with Crippen molar-refractivity contribution in [3.8, 4) is 0 Å². The molecule has 0 aliphatic carbocycles. The molecule has 1 aliphatic rings. The Balaban J connectivity index is 2.12. The highest BCUT2D eigenvalue weighted by Crippen LogP contribution is 2.26. The summed E-state index contributed by atoms with van der Waals surface area (Å²) in [4.78, 5) is 7.17. The predicted octanol–water partition coefficient (Wildman–Crippen LogP) is 3.54. The van der Waals surface area contributed by atoms with Gasteiger partial charge in [0.25, 0.3) is 0 Å². The lowest BCUT2D eigenvalue weighted by Gasteiger charge is -2.24. The second-order valence-electron chi connectivity index (χ2n) is 6.14. The molecule has 0 aromatic carbocycles. The first-order valence-corrected chi connectivity index (χ1v) is 6.69. The third kappa shape index (κ3) is 2.86. The Hall–Kier alpha value is -0.890. The van der Waals surface area contributed by atoms with E-state index in [0.717, 1.165) is 0 Å². The van der Waals surface area contributed by atoms with E-state index < -0.39 is 0 Å². The van der Waals surface area contributed by atoms with Crippen molar-refractivity contribution in [3.63, 3.8) is 0 Å². The molecule has 2 nitrogen and oxygen atoms in total. The van der Waals surface area contributed by atoms with E-state index in [2.05, 4.69) is 49.7 Å². The quantitative estimate of drug-likeness (QED) is 0.775. The average Bonchev–Trinajstić information content (AvgIpc) is 2.80. The Labute approximate surface area is 105 Å². The van der Waals surface area contributed by atoms with E-state index in [-0.39, 0.29) is 5.41 Å². The van der Waals surface area contributed by atoms with Crippen LogP contribution in [0.5, 0.6) is 0 Å². The molecule has 0 radical (unpaired) electrons. The second kappa shape index (κ2) is 4.77. The van der Waals surface area contributed by atoms with Crippen LogP contribution in [-0.2, 0) is 5.41 Å². The fourth-order valence-electron chi connectivity index (χ4n) is 2.41. The van der Waals surface area contributed by atoms with Gasteiger partial charge in [0.05, 0.1) is 5.69 Å². The Morgan fingerprint density at radius 2 is 1.82 bits per heavy atom. The van der Waals surface area contributed by atoms with Gasteiger partial charge in [0.15, 0.2) is 0 Å². The fourth-order valence-corrected chi connectivity index (χ4v) is 2.41. The van der Waals surface area contributed by atoms with Crippen LogP contribution in [0.1, 0.15) is 57.8 Å². The van der Waals surface area contributed by atoms with E-state index in [1.165, 1.54) is 37.2 Å². The highest BCUT2D eigenvalue weighted by molar-refractivity contribution is 5.22. The van der Waals surface area contributed by atoms with Gasteiger partial charge in [-0.1, -0.05) is 26.8 Å². The lowest BCUT2D eigenvalue weighted by atomic mass is 9.88. The van der Waals surface area contributed by atoms with Gasteiger partial charge >= 0.3 is 0 Å². The lowest BCUT2D eigenvalue weighted by molar-refractivity contribution is 0.258. The molecule has 0 N–H and O–H groups in total. The minimum Gasteiger partial charge on any atom is -0.295 e. The van der Waals surface area contributed by atoms with E-state index >= 15 is 0 Å². The van der Waals surface area contributed by atoms with Crippen LogP contribution in [0.25, 0.3) is 0 Å². The van der Waals surface area contributed by atoms with Gasteiger partial charge in [-0.25, -0.2) is 0 Å². The van der Waals surface area contributed by atoms with E-state index in [1.54, 1.807) is 0 Å². The molecule has 1 unspecified atom stereocenters. The lowest BCUT2D eigenvalue weighted by Crippen LogP contribution is -2.24. The zero-order valence-electron chi connectivity index (χ0n) is 11.5. The maximum Gasteiger partial charge on any atom is 0.0572 e. The van der Waals surface area contributed by atoms with Crippen LogP contribution in [0.3, 0.4) is 0 Å². The molecule has 0 spiro atoms. The molecule has 17 heavy (non-hydrogen) atoms. The molecule has 1 atom stereocenters. The van der Waals surface area contributed by atoms with Crippen molar-refractivity contribution in [1.82, 2.24) is 9.88 Å². The number of hydrogen-bond donors (Lipinski definition) is 0. The largest absolute Gasteiger partial charge is 0.295 e. The minimum absolute atomic E-state index is 0.197. The summed E-state index contributed by atoms with van der Waals surface area (Å²) >= 11 is 0. The second-order valence-corrected chi connectivity index (χ2v) is 6.14. The summed E-state index contributed by atoms with van der Waals surface area (Å²) in [6.07, 6.45) is 4.72. The van der Waals surface area contributed by atoms with Crippen molar-refractivity contribution >= 4 is 0 Å². The molecule has 2 rings (SSSR count). The molecule has 0 saturated carbocycles. The molecule has 2 heterocycles. The third-order valence-corrected chi connectivity index (χ3v) is 3.77. The first-order chi connectivity index (χ1) is 7.98. The van der Waals surface area contributed by atoms with Gasteiger partial charge in [-0.3, -0.25) is 9.88 Å². The Bertz CT molecular complexity index is 356. The molecular weight excluding hydrogens is 208 g/mol. The summed E-state index contributed by atoms with van der Waals surface area (Å²) in [5, 5.41) is 0. The molecule has 94 valence electrons. The summed E-state index contributed by atoms with van der Waals surface area (Å²) in [6.45, 7) is 11.4. The Morgan fingerprint density at radius 3 is 2.29 bits per heavy atom. The van der Waals surface area contributed by atoms with Crippen LogP contribution in [0.2, 0.25) is 0 Å². The molecule has 2 heteroatoms. The number of pyridine rings is 1. The number of aromatic nitrogens is 1. The summed E-state index contributed by atoms with van der Waals surface area (Å²) in [6, 6.07) is 4.89. The van der Waals surface area contributed by atoms with Crippen molar-refractivity contribution in [2.75, 3.05) is 13.1 Å². The molecule has 1 fully saturated rings. The van der Waals surface area contributed by atoms with Gasteiger partial charge in [0, 0.05) is 12.2 Å². The van der Waals surface area contributed by atoms with Crippen LogP contribution in [0.4, 0.5) is 0 Å². The zero-order chi connectivity index (χ0) is 12.5. The number of hydrogen-bond acceptors (Lipinski definition) is 2. The maximum atomic E-state index is 4.65. The van der Waals surface area contributed by atoms with Crippen LogP contribution in [0.15, 0.2) is 18.3 Å². The van der Waals surface area contributed by atoms with E-state index in [9.17, 15) is 0 Å². The standard InChI is InChI=1S/C15H24N2/c1-12(17-9-5-6-10-17)14-8-7-13(11-16-14)15(2,3)4/h7-8,11-12H,5-6,9-10H2,1-4H3. The zero-order valence-corrected chi connectivity index (χ0v) is 11.5. The molecule has 1 saturated heterocycles. The van der Waals surface area contributed by atoms with E-state index in [4.69, 9.17) is 0 Å². The van der Waals surface area contributed by atoms with Crippen LogP contribution < -0.4 is 0 Å². The number of nitrogens with zero attached hydrogens (tertiary/aromatic N) is 2. The smallest absolute Gasteiger partial charge is 0.0572 e. The van der Waals surface area contributed by atoms with Crippen molar-refractivity contribution in [2.24, 2.45) is 0 Å². The molecule has 1 aromatic heterocycles. The number of rotatable bonds is 2. The van der Waals surface area contributed by atoms with Crippen LogP contribution in [0, 0.1) is 0 Å². The van der Waals surface area contributed by atoms with Crippen LogP contribution >= 0.6 is 0 Å². The van der Waals surface area contributed by atoms with E-state index in [0.29, 0.717) is 6.04 Å². The van der Waals surface area contributed by atoms with Gasteiger partial charge in [-0.15, -0.1) is 0 Å². The SMILES string of the molecule is CC(c1ccc(C(C)(C)C)cn1)N1CCCC1. The summed E-state index contributed by atoms with van der Waals surface area (Å²) in [5.74, 6) is 0. The number of likely N-dealkylation sites (tertiary alicyclic amines) is 1. The average molecular weight is 232 g/mol. The van der Waals surface area contributed by atoms with Gasteiger partial charge < -0.3 is 0 Å². The summed E-state index contributed by atoms with van der Waals surface area (Å²) < 4.78 is 0. The van der Waals surface area contributed by atoms with Gasteiger partial charge in [0.2, 0.25) is 0 Å². The highest BCUT2D eigenvalue weighted by atomic mass is 15.2. The topological polar surface area (TPSA) is 16.1 Å². The van der Waals surface area contributed by atoms with Crippen LogP contribution in [-0.4, -0.2) is 23.0 Å². The Morgan fingerprint density at radius 1 is 1.18 bits per heavy atom. The highest BCUT2D eigenvalue weighted by Gasteiger charge is 2.21. The predicted molar refractivity (Wildman–Crippen MR) is 72.2 cm³/mol. The van der Waals surface area contributed by atoms with Crippen molar-refractivity contribution in [3.05, 3.63) is 29.6 Å². The summed E-state index contributed by atoms with van der Waals surface area (Å²) in [7, 11) is 0. The first kappa shape index (κ1) is 12.6. The van der Waals surface area contributed by atoms with Gasteiger partial charge in [-0.05, 0) is 49.9 Å². The monoisotopic (exact) mass is 232 g/mol. The van der Waals surface area contributed by atoms with Crippen molar-refractivity contribution in [2.45, 2.75) is 52.0 Å².